The van der Waals surface area contributed by atoms with Crippen LogP contribution in [-0.4, -0.2) is 25.6 Å². The van der Waals surface area contributed by atoms with E-state index in [9.17, 15) is 4.79 Å². The van der Waals surface area contributed by atoms with E-state index >= 15 is 0 Å². The summed E-state index contributed by atoms with van der Waals surface area (Å²) in [5.41, 5.74) is 0.744. The van der Waals surface area contributed by atoms with Crippen molar-refractivity contribution in [3.8, 4) is 5.75 Å². The molecule has 1 saturated heterocycles. The van der Waals surface area contributed by atoms with Gasteiger partial charge >= 0.3 is 0 Å². The average molecular weight is 364 g/mol. The fraction of sp³-hybridized carbons (Fsp3) is 0.500. The number of amides is 1. The SMILES string of the molecule is CCOc1cc(Br)ccc1NC(=O)C1CCNCC1.Cl. The lowest BCUT2D eigenvalue weighted by atomic mass is 9.97. The van der Waals surface area contributed by atoms with E-state index in [0.717, 1.165) is 36.1 Å². The molecule has 2 rings (SSSR count). The minimum Gasteiger partial charge on any atom is -0.492 e. The minimum absolute atomic E-state index is 0. The molecule has 1 aromatic rings. The summed E-state index contributed by atoms with van der Waals surface area (Å²) in [4.78, 5) is 12.2. The molecular weight excluding hydrogens is 344 g/mol. The molecule has 0 unspecified atom stereocenters. The average Bonchev–Trinajstić information content (AvgIpc) is 2.43. The Hall–Kier alpha value is -0.780. The van der Waals surface area contributed by atoms with Gasteiger partial charge in [-0.3, -0.25) is 4.79 Å². The highest BCUT2D eigenvalue weighted by atomic mass is 79.9. The number of ether oxygens (including phenoxy) is 1. The summed E-state index contributed by atoms with van der Waals surface area (Å²) in [6, 6.07) is 5.65. The van der Waals surface area contributed by atoms with Crippen molar-refractivity contribution in [1.29, 1.82) is 0 Å². The van der Waals surface area contributed by atoms with Crippen LogP contribution in [0.2, 0.25) is 0 Å². The van der Waals surface area contributed by atoms with Gasteiger partial charge in [-0.25, -0.2) is 0 Å². The molecule has 20 heavy (non-hydrogen) atoms. The van der Waals surface area contributed by atoms with E-state index in [2.05, 4.69) is 26.6 Å². The predicted octanol–water partition coefficient (Wildman–Crippen LogP) is 3.21. The first-order chi connectivity index (χ1) is 9.20. The molecule has 1 aliphatic rings. The van der Waals surface area contributed by atoms with Crippen LogP contribution >= 0.6 is 28.3 Å². The molecule has 1 amide bonds. The number of carbonyl (C=O) groups is 1. The maximum absolute atomic E-state index is 12.2. The van der Waals surface area contributed by atoms with Gasteiger partial charge in [-0.2, -0.15) is 0 Å². The van der Waals surface area contributed by atoms with Gasteiger partial charge in [0.25, 0.3) is 0 Å². The van der Waals surface area contributed by atoms with Crippen LogP contribution in [0, 0.1) is 5.92 Å². The molecular formula is C14H20BrClN2O2. The van der Waals surface area contributed by atoms with Crippen LogP contribution in [0.1, 0.15) is 19.8 Å². The Bertz CT molecular complexity index is 451. The van der Waals surface area contributed by atoms with E-state index in [1.54, 1.807) is 0 Å². The summed E-state index contributed by atoms with van der Waals surface area (Å²) < 4.78 is 6.49. The van der Waals surface area contributed by atoms with Gasteiger partial charge < -0.3 is 15.4 Å². The summed E-state index contributed by atoms with van der Waals surface area (Å²) >= 11 is 3.41. The number of rotatable bonds is 4. The first-order valence-electron chi connectivity index (χ1n) is 6.64. The molecule has 0 atom stereocenters. The van der Waals surface area contributed by atoms with E-state index < -0.39 is 0 Å². The molecule has 4 nitrogen and oxygen atoms in total. The molecule has 0 bridgehead atoms. The molecule has 0 aromatic heterocycles. The Kier molecular flexibility index (Phi) is 7.34. The van der Waals surface area contributed by atoms with Crippen LogP contribution in [0.3, 0.4) is 0 Å². The lowest BCUT2D eigenvalue weighted by Crippen LogP contribution is -2.34. The van der Waals surface area contributed by atoms with Crippen molar-refractivity contribution in [2.75, 3.05) is 25.0 Å². The first kappa shape index (κ1) is 17.3. The fourth-order valence-electron chi connectivity index (χ4n) is 2.19. The second kappa shape index (κ2) is 8.49. The zero-order chi connectivity index (χ0) is 13.7. The van der Waals surface area contributed by atoms with Crippen LogP contribution < -0.4 is 15.4 Å². The molecule has 0 aliphatic carbocycles. The molecule has 0 saturated carbocycles. The summed E-state index contributed by atoms with van der Waals surface area (Å²) in [6.45, 7) is 4.33. The summed E-state index contributed by atoms with van der Waals surface area (Å²) in [5, 5.41) is 6.24. The second-order valence-corrected chi connectivity index (χ2v) is 5.50. The zero-order valence-corrected chi connectivity index (χ0v) is 13.9. The smallest absolute Gasteiger partial charge is 0.227 e. The van der Waals surface area contributed by atoms with Crippen molar-refractivity contribution in [3.63, 3.8) is 0 Å². The Morgan fingerprint density at radius 1 is 1.45 bits per heavy atom. The van der Waals surface area contributed by atoms with Gasteiger partial charge in [-0.05, 0) is 51.1 Å². The largest absolute Gasteiger partial charge is 0.492 e. The second-order valence-electron chi connectivity index (χ2n) is 4.59. The van der Waals surface area contributed by atoms with Crippen molar-refractivity contribution >= 4 is 39.9 Å². The van der Waals surface area contributed by atoms with Gasteiger partial charge in [-0.15, -0.1) is 12.4 Å². The molecule has 112 valence electrons. The topological polar surface area (TPSA) is 50.4 Å². The number of nitrogens with one attached hydrogen (secondary N) is 2. The summed E-state index contributed by atoms with van der Waals surface area (Å²) in [7, 11) is 0. The van der Waals surface area contributed by atoms with Crippen LogP contribution in [0.4, 0.5) is 5.69 Å². The van der Waals surface area contributed by atoms with E-state index in [4.69, 9.17) is 4.74 Å². The fourth-order valence-corrected chi connectivity index (χ4v) is 2.53. The highest BCUT2D eigenvalue weighted by Gasteiger charge is 2.21. The van der Waals surface area contributed by atoms with Gasteiger partial charge in [0, 0.05) is 10.4 Å². The van der Waals surface area contributed by atoms with Crippen LogP contribution in [0.15, 0.2) is 22.7 Å². The third-order valence-corrected chi connectivity index (χ3v) is 3.70. The standard InChI is InChI=1S/C14H19BrN2O2.ClH/c1-2-19-13-9-11(15)3-4-12(13)17-14(18)10-5-7-16-8-6-10;/h3-4,9-10,16H,2,5-8H2,1H3,(H,17,18);1H. The minimum atomic E-state index is 0. The van der Waals surface area contributed by atoms with Gasteiger partial charge in [0.05, 0.1) is 12.3 Å². The first-order valence-corrected chi connectivity index (χ1v) is 7.44. The normalized spacial score (nSPS) is 15.3. The molecule has 0 spiro atoms. The molecule has 1 aromatic carbocycles. The van der Waals surface area contributed by atoms with Gasteiger partial charge in [0.15, 0.2) is 0 Å². The van der Waals surface area contributed by atoms with Gasteiger partial charge in [-0.1, -0.05) is 15.9 Å². The van der Waals surface area contributed by atoms with E-state index in [0.29, 0.717) is 12.4 Å². The number of carbonyl (C=O) groups excluding carboxylic acids is 1. The summed E-state index contributed by atoms with van der Waals surface area (Å²) in [6.07, 6.45) is 1.79. The highest BCUT2D eigenvalue weighted by molar-refractivity contribution is 9.10. The quantitative estimate of drug-likeness (QED) is 0.863. The number of hydrogen-bond acceptors (Lipinski definition) is 3. The van der Waals surface area contributed by atoms with Crippen molar-refractivity contribution in [1.82, 2.24) is 5.32 Å². The third-order valence-electron chi connectivity index (χ3n) is 3.21. The van der Waals surface area contributed by atoms with Crippen LogP contribution in [-0.2, 0) is 4.79 Å². The Morgan fingerprint density at radius 2 is 2.15 bits per heavy atom. The lowest BCUT2D eigenvalue weighted by molar-refractivity contribution is -0.120. The number of hydrogen-bond donors (Lipinski definition) is 2. The van der Waals surface area contributed by atoms with Crippen molar-refractivity contribution < 1.29 is 9.53 Å². The molecule has 1 heterocycles. The van der Waals surface area contributed by atoms with Gasteiger partial charge in [0.2, 0.25) is 5.91 Å². The van der Waals surface area contributed by atoms with Crippen molar-refractivity contribution in [2.24, 2.45) is 5.92 Å². The Balaban J connectivity index is 0.00000200. The number of benzene rings is 1. The van der Waals surface area contributed by atoms with E-state index in [1.165, 1.54) is 0 Å². The molecule has 0 radical (unpaired) electrons. The highest BCUT2D eigenvalue weighted by Crippen LogP contribution is 2.29. The molecule has 2 N–H and O–H groups in total. The molecule has 1 fully saturated rings. The zero-order valence-electron chi connectivity index (χ0n) is 11.4. The van der Waals surface area contributed by atoms with E-state index in [-0.39, 0.29) is 24.2 Å². The molecule has 6 heteroatoms. The van der Waals surface area contributed by atoms with Gasteiger partial charge in [0.1, 0.15) is 5.75 Å². The summed E-state index contributed by atoms with van der Waals surface area (Å²) in [5.74, 6) is 0.892. The number of anilines is 1. The number of halogens is 2. The van der Waals surface area contributed by atoms with E-state index in [1.807, 2.05) is 25.1 Å². The lowest BCUT2D eigenvalue weighted by Gasteiger charge is -2.22. The van der Waals surface area contributed by atoms with Crippen LogP contribution in [0.25, 0.3) is 0 Å². The van der Waals surface area contributed by atoms with Crippen molar-refractivity contribution in [3.05, 3.63) is 22.7 Å². The third kappa shape index (κ3) is 4.65. The van der Waals surface area contributed by atoms with Crippen molar-refractivity contribution in [2.45, 2.75) is 19.8 Å². The number of piperidine rings is 1. The Labute approximate surface area is 134 Å². The maximum Gasteiger partial charge on any atom is 0.227 e. The monoisotopic (exact) mass is 362 g/mol. The van der Waals surface area contributed by atoms with Crippen LogP contribution in [0.5, 0.6) is 5.75 Å². The maximum atomic E-state index is 12.2. The molecule has 1 aliphatic heterocycles. The Morgan fingerprint density at radius 3 is 2.80 bits per heavy atom. The predicted molar refractivity (Wildman–Crippen MR) is 86.8 cm³/mol.